The fourth-order valence-electron chi connectivity index (χ4n) is 2.25. The Kier molecular flexibility index (Phi) is 4.31. The molecule has 4 heteroatoms. The summed E-state index contributed by atoms with van der Waals surface area (Å²) in [6.45, 7) is 0. The predicted molar refractivity (Wildman–Crippen MR) is 72.7 cm³/mol. The number of alkyl halides is 1. The minimum Gasteiger partial charge on any atom is -0.207 e. The Morgan fingerprint density at radius 2 is 1.94 bits per heavy atom. The van der Waals surface area contributed by atoms with Crippen LogP contribution in [0, 0.1) is 11.7 Å². The average molecular weight is 370 g/mol. The molecule has 1 aromatic carbocycles. The van der Waals surface area contributed by atoms with E-state index in [-0.39, 0.29) is 10.6 Å². The largest absolute Gasteiger partial charge is 0.207 e. The van der Waals surface area contributed by atoms with Gasteiger partial charge in [-0.05, 0) is 46.8 Å². The third kappa shape index (κ3) is 2.62. The smallest absolute Gasteiger partial charge is 0.128 e. The summed E-state index contributed by atoms with van der Waals surface area (Å²) < 4.78 is 14.4. The van der Waals surface area contributed by atoms with Gasteiger partial charge < -0.3 is 0 Å². The van der Waals surface area contributed by atoms with Crippen molar-refractivity contribution in [1.29, 1.82) is 0 Å². The maximum absolute atomic E-state index is 13.8. The van der Waals surface area contributed by atoms with Crippen LogP contribution in [-0.2, 0) is 0 Å². The topological polar surface area (TPSA) is 0 Å². The molecule has 1 fully saturated rings. The zero-order valence-corrected chi connectivity index (χ0v) is 12.6. The van der Waals surface area contributed by atoms with Crippen LogP contribution < -0.4 is 0 Å². The van der Waals surface area contributed by atoms with Crippen molar-refractivity contribution < 1.29 is 4.39 Å². The number of rotatable bonds is 2. The first-order chi connectivity index (χ1) is 7.59. The molecular weight excluding hydrogens is 358 g/mol. The molecule has 0 nitrogen and oxygen atoms in total. The van der Waals surface area contributed by atoms with Gasteiger partial charge in [0, 0.05) is 14.9 Å². The molecule has 0 bridgehead atoms. The molecule has 0 saturated heterocycles. The highest BCUT2D eigenvalue weighted by Crippen LogP contribution is 2.43. The molecule has 0 heterocycles. The Balaban J connectivity index is 2.28. The zero-order valence-electron chi connectivity index (χ0n) is 8.65. The van der Waals surface area contributed by atoms with Crippen LogP contribution in [0.3, 0.4) is 0 Å². The summed E-state index contributed by atoms with van der Waals surface area (Å²) >= 11 is 12.8. The quantitative estimate of drug-likeness (QED) is 0.451. The van der Waals surface area contributed by atoms with Crippen molar-refractivity contribution in [2.24, 2.45) is 5.92 Å². The van der Waals surface area contributed by atoms with E-state index in [4.69, 9.17) is 11.6 Å². The standard InChI is InChI=1S/C12H12Br2ClF/c13-9-6-11(16)8(5-10(9)15)12(14)7-3-1-2-4-7/h5-7,12H,1-4H2. The van der Waals surface area contributed by atoms with E-state index in [1.807, 2.05) is 0 Å². The highest BCUT2D eigenvalue weighted by molar-refractivity contribution is 9.10. The van der Waals surface area contributed by atoms with E-state index in [2.05, 4.69) is 31.9 Å². The highest BCUT2D eigenvalue weighted by Gasteiger charge is 2.26. The van der Waals surface area contributed by atoms with Crippen molar-refractivity contribution in [2.75, 3.05) is 0 Å². The Morgan fingerprint density at radius 3 is 2.56 bits per heavy atom. The lowest BCUT2D eigenvalue weighted by Gasteiger charge is -2.18. The van der Waals surface area contributed by atoms with Crippen LogP contribution in [0.15, 0.2) is 16.6 Å². The average Bonchev–Trinajstić information content (AvgIpc) is 2.75. The van der Waals surface area contributed by atoms with Gasteiger partial charge >= 0.3 is 0 Å². The lowest BCUT2D eigenvalue weighted by Crippen LogP contribution is -2.05. The minimum absolute atomic E-state index is 0.0839. The summed E-state index contributed by atoms with van der Waals surface area (Å²) in [5, 5.41) is 0.568. The molecule has 0 N–H and O–H groups in total. The van der Waals surface area contributed by atoms with Gasteiger partial charge in [0.25, 0.3) is 0 Å². The normalized spacial score (nSPS) is 19.0. The van der Waals surface area contributed by atoms with Gasteiger partial charge in [-0.25, -0.2) is 4.39 Å². The highest BCUT2D eigenvalue weighted by atomic mass is 79.9. The third-order valence-electron chi connectivity index (χ3n) is 3.15. The molecular formula is C12H12Br2ClF. The Bertz CT molecular complexity index is 389. The Hall–Kier alpha value is 0.400. The molecule has 1 unspecified atom stereocenters. The second kappa shape index (κ2) is 5.36. The van der Waals surface area contributed by atoms with Crippen molar-refractivity contribution in [3.63, 3.8) is 0 Å². The van der Waals surface area contributed by atoms with Crippen LogP contribution in [-0.4, -0.2) is 0 Å². The lowest BCUT2D eigenvalue weighted by atomic mass is 9.97. The molecule has 0 amide bonds. The fourth-order valence-corrected chi connectivity index (χ4v) is 3.62. The van der Waals surface area contributed by atoms with Crippen LogP contribution >= 0.6 is 43.5 Å². The molecule has 2 rings (SSSR count). The van der Waals surface area contributed by atoms with Crippen LogP contribution in [0.4, 0.5) is 4.39 Å². The molecule has 1 atom stereocenters. The number of hydrogen-bond donors (Lipinski definition) is 0. The van der Waals surface area contributed by atoms with E-state index in [1.54, 1.807) is 6.07 Å². The molecule has 1 aromatic rings. The Labute approximate surface area is 117 Å². The van der Waals surface area contributed by atoms with Gasteiger partial charge in [-0.15, -0.1) is 0 Å². The molecule has 0 spiro atoms. The Morgan fingerprint density at radius 1 is 1.31 bits per heavy atom. The predicted octanol–water partition coefficient (Wildman–Crippen LogP) is 5.87. The molecule has 16 heavy (non-hydrogen) atoms. The number of hydrogen-bond acceptors (Lipinski definition) is 0. The van der Waals surface area contributed by atoms with Crippen LogP contribution in [0.1, 0.15) is 36.1 Å². The second-order valence-corrected chi connectivity index (χ2v) is 6.48. The van der Waals surface area contributed by atoms with E-state index in [1.165, 1.54) is 31.7 Å². The first-order valence-corrected chi connectivity index (χ1v) is 7.47. The molecule has 1 aliphatic rings. The van der Waals surface area contributed by atoms with Crippen molar-refractivity contribution in [1.82, 2.24) is 0 Å². The molecule has 88 valence electrons. The summed E-state index contributed by atoms with van der Waals surface area (Å²) in [6.07, 6.45) is 4.84. The fraction of sp³-hybridized carbons (Fsp3) is 0.500. The summed E-state index contributed by atoms with van der Waals surface area (Å²) in [6, 6.07) is 3.17. The van der Waals surface area contributed by atoms with E-state index in [9.17, 15) is 4.39 Å². The van der Waals surface area contributed by atoms with Crippen LogP contribution in [0.5, 0.6) is 0 Å². The maximum Gasteiger partial charge on any atom is 0.128 e. The first kappa shape index (κ1) is 12.8. The van der Waals surface area contributed by atoms with Gasteiger partial charge in [0.1, 0.15) is 5.82 Å². The molecule has 0 aliphatic heterocycles. The second-order valence-electron chi connectivity index (χ2n) is 4.23. The maximum atomic E-state index is 13.8. The van der Waals surface area contributed by atoms with Crippen molar-refractivity contribution in [2.45, 2.75) is 30.5 Å². The molecule has 0 radical (unpaired) electrons. The molecule has 1 saturated carbocycles. The lowest BCUT2D eigenvalue weighted by molar-refractivity contribution is 0.517. The van der Waals surface area contributed by atoms with Gasteiger partial charge in [-0.3, -0.25) is 0 Å². The first-order valence-electron chi connectivity index (χ1n) is 5.38. The van der Waals surface area contributed by atoms with E-state index < -0.39 is 0 Å². The third-order valence-corrected chi connectivity index (χ3v) is 5.59. The molecule has 1 aliphatic carbocycles. The van der Waals surface area contributed by atoms with Crippen molar-refractivity contribution in [3.8, 4) is 0 Å². The van der Waals surface area contributed by atoms with Gasteiger partial charge in [0.15, 0.2) is 0 Å². The van der Waals surface area contributed by atoms with Crippen molar-refractivity contribution in [3.05, 3.63) is 33.0 Å². The van der Waals surface area contributed by atoms with Gasteiger partial charge in [0.2, 0.25) is 0 Å². The summed E-state index contributed by atoms with van der Waals surface area (Å²) in [4.78, 5) is 0.0839. The number of halogens is 4. The van der Waals surface area contributed by atoms with Gasteiger partial charge in [-0.2, -0.15) is 0 Å². The van der Waals surface area contributed by atoms with Gasteiger partial charge in [-0.1, -0.05) is 40.4 Å². The zero-order chi connectivity index (χ0) is 11.7. The van der Waals surface area contributed by atoms with E-state index in [0.29, 0.717) is 21.0 Å². The summed E-state index contributed by atoms with van der Waals surface area (Å²) in [5.74, 6) is 0.344. The SMILES string of the molecule is Fc1cc(Br)c(Cl)cc1C(Br)C1CCCC1. The molecule has 0 aromatic heterocycles. The van der Waals surface area contributed by atoms with Crippen molar-refractivity contribution >= 4 is 43.5 Å². The van der Waals surface area contributed by atoms with Crippen LogP contribution in [0.2, 0.25) is 5.02 Å². The van der Waals surface area contributed by atoms with E-state index in [0.717, 1.165) is 0 Å². The summed E-state index contributed by atoms with van der Waals surface area (Å²) in [7, 11) is 0. The number of benzene rings is 1. The monoisotopic (exact) mass is 368 g/mol. The van der Waals surface area contributed by atoms with Crippen LogP contribution in [0.25, 0.3) is 0 Å². The summed E-state index contributed by atoms with van der Waals surface area (Å²) in [5.41, 5.74) is 0.681. The van der Waals surface area contributed by atoms with E-state index >= 15 is 0 Å². The minimum atomic E-state index is -0.190. The van der Waals surface area contributed by atoms with Gasteiger partial charge in [0.05, 0.1) is 5.02 Å².